The van der Waals surface area contributed by atoms with Gasteiger partial charge in [-0.25, -0.2) is 4.79 Å². The highest BCUT2D eigenvalue weighted by molar-refractivity contribution is 7.98. The number of hydrogen-bond donors (Lipinski definition) is 6. The van der Waals surface area contributed by atoms with Gasteiger partial charge in [0.05, 0.1) is 6.04 Å². The van der Waals surface area contributed by atoms with Crippen LogP contribution in [0.25, 0.3) is 0 Å². The zero-order valence-electron chi connectivity index (χ0n) is 20.6. The number of rotatable bonds is 15. The number of carbonyl (C=O) groups is 4. The van der Waals surface area contributed by atoms with Crippen LogP contribution in [-0.4, -0.2) is 70.7 Å². The Bertz CT molecular complexity index is 1030. The SMILES string of the molecule is CSCCC(NC(=O)C(CS)NC(=O)C(Cc1ccccc1)NC(=O)C(N)Cc1ccccc1)C(=O)O. The van der Waals surface area contributed by atoms with Gasteiger partial charge < -0.3 is 26.8 Å². The third kappa shape index (κ3) is 10.5. The second-order valence-corrected chi connectivity index (χ2v) is 9.82. The summed E-state index contributed by atoms with van der Waals surface area (Å²) in [5.41, 5.74) is 7.80. The Morgan fingerprint density at radius 2 is 1.30 bits per heavy atom. The van der Waals surface area contributed by atoms with Crippen molar-refractivity contribution in [1.29, 1.82) is 0 Å². The first-order chi connectivity index (χ1) is 17.7. The number of benzene rings is 2. The van der Waals surface area contributed by atoms with Crippen molar-refractivity contribution in [3.8, 4) is 0 Å². The molecule has 6 N–H and O–H groups in total. The van der Waals surface area contributed by atoms with Gasteiger partial charge in [-0.15, -0.1) is 0 Å². The molecule has 0 spiro atoms. The Labute approximate surface area is 226 Å². The molecular formula is C26H34N4O5S2. The normalized spacial score (nSPS) is 14.0. The van der Waals surface area contributed by atoms with Crippen LogP contribution in [0.15, 0.2) is 60.7 Å². The molecule has 3 amide bonds. The summed E-state index contributed by atoms with van der Waals surface area (Å²) in [5.74, 6) is -2.45. The van der Waals surface area contributed by atoms with Crippen molar-refractivity contribution in [3.63, 3.8) is 0 Å². The third-order valence-electron chi connectivity index (χ3n) is 5.59. The molecule has 0 saturated heterocycles. The highest BCUT2D eigenvalue weighted by atomic mass is 32.2. The molecule has 2 aromatic carbocycles. The van der Waals surface area contributed by atoms with Gasteiger partial charge in [-0.3, -0.25) is 14.4 Å². The van der Waals surface area contributed by atoms with E-state index in [-0.39, 0.29) is 18.6 Å². The Balaban J connectivity index is 2.12. The Kier molecular flexibility index (Phi) is 13.0. The fourth-order valence-corrected chi connectivity index (χ4v) is 4.26. The van der Waals surface area contributed by atoms with E-state index in [2.05, 4.69) is 28.6 Å². The predicted octanol–water partition coefficient (Wildman–Crippen LogP) is 1.02. The molecule has 4 atom stereocenters. The van der Waals surface area contributed by atoms with E-state index in [1.165, 1.54) is 11.8 Å². The fourth-order valence-electron chi connectivity index (χ4n) is 3.53. The second kappa shape index (κ2) is 16.0. The largest absolute Gasteiger partial charge is 0.480 e. The van der Waals surface area contributed by atoms with Gasteiger partial charge >= 0.3 is 5.97 Å². The fraction of sp³-hybridized carbons (Fsp3) is 0.385. The molecule has 9 nitrogen and oxygen atoms in total. The van der Waals surface area contributed by atoms with Gasteiger partial charge in [0, 0.05) is 12.2 Å². The zero-order chi connectivity index (χ0) is 27.2. The van der Waals surface area contributed by atoms with Crippen molar-refractivity contribution in [2.24, 2.45) is 5.73 Å². The van der Waals surface area contributed by atoms with E-state index in [0.717, 1.165) is 11.1 Å². The minimum atomic E-state index is -1.16. The van der Waals surface area contributed by atoms with Crippen molar-refractivity contribution >= 4 is 48.1 Å². The topological polar surface area (TPSA) is 151 Å². The summed E-state index contributed by atoms with van der Waals surface area (Å²) in [7, 11) is 0. The van der Waals surface area contributed by atoms with E-state index in [0.29, 0.717) is 12.2 Å². The predicted molar refractivity (Wildman–Crippen MR) is 149 cm³/mol. The van der Waals surface area contributed by atoms with Crippen molar-refractivity contribution in [3.05, 3.63) is 71.8 Å². The summed E-state index contributed by atoms with van der Waals surface area (Å²) in [6, 6.07) is 14.3. The average Bonchev–Trinajstić information content (AvgIpc) is 2.89. The third-order valence-corrected chi connectivity index (χ3v) is 6.60. The Morgan fingerprint density at radius 1 is 0.811 bits per heavy atom. The van der Waals surface area contributed by atoms with Crippen LogP contribution in [0, 0.1) is 0 Å². The van der Waals surface area contributed by atoms with Gasteiger partial charge in [-0.2, -0.15) is 24.4 Å². The summed E-state index contributed by atoms with van der Waals surface area (Å²) in [6.07, 6.45) is 2.54. The number of carbonyl (C=O) groups excluding carboxylic acids is 3. The molecule has 0 aromatic heterocycles. The van der Waals surface area contributed by atoms with Crippen LogP contribution in [0.1, 0.15) is 17.5 Å². The number of nitrogens with two attached hydrogens (primary N) is 1. The molecule has 11 heteroatoms. The molecule has 0 bridgehead atoms. The van der Waals surface area contributed by atoms with Crippen LogP contribution in [0.2, 0.25) is 0 Å². The standard InChI is InChI=1S/C26H34N4O5S2/c1-37-13-12-20(26(34)35)28-25(33)22(16-36)30-24(32)21(15-18-10-6-3-7-11-18)29-23(31)19(27)14-17-8-4-2-5-9-17/h2-11,19-22,36H,12-16,27H2,1H3,(H,28,33)(H,29,31)(H,30,32)(H,34,35). The minimum absolute atomic E-state index is 0.0635. The lowest BCUT2D eigenvalue weighted by Crippen LogP contribution is -2.58. The highest BCUT2D eigenvalue weighted by Crippen LogP contribution is 2.07. The molecule has 0 fully saturated rings. The summed E-state index contributed by atoms with van der Waals surface area (Å²) < 4.78 is 0. The van der Waals surface area contributed by atoms with Gasteiger partial charge in [0.2, 0.25) is 17.7 Å². The molecule has 200 valence electrons. The number of thiol groups is 1. The molecule has 2 rings (SSSR count). The molecule has 0 radical (unpaired) electrons. The molecule has 37 heavy (non-hydrogen) atoms. The highest BCUT2D eigenvalue weighted by Gasteiger charge is 2.30. The Morgan fingerprint density at radius 3 is 1.81 bits per heavy atom. The quantitative estimate of drug-likeness (QED) is 0.183. The average molecular weight is 547 g/mol. The smallest absolute Gasteiger partial charge is 0.326 e. The van der Waals surface area contributed by atoms with Crippen LogP contribution < -0.4 is 21.7 Å². The maximum absolute atomic E-state index is 13.2. The lowest BCUT2D eigenvalue weighted by Gasteiger charge is -2.24. The van der Waals surface area contributed by atoms with Gasteiger partial charge in [-0.1, -0.05) is 60.7 Å². The van der Waals surface area contributed by atoms with Crippen LogP contribution in [0.3, 0.4) is 0 Å². The zero-order valence-corrected chi connectivity index (χ0v) is 22.3. The van der Waals surface area contributed by atoms with Gasteiger partial charge in [-0.05, 0) is 36.0 Å². The van der Waals surface area contributed by atoms with E-state index in [4.69, 9.17) is 5.73 Å². The number of aliphatic carboxylic acids is 1. The lowest BCUT2D eigenvalue weighted by molar-refractivity contribution is -0.142. The van der Waals surface area contributed by atoms with E-state index >= 15 is 0 Å². The van der Waals surface area contributed by atoms with Gasteiger partial charge in [0.1, 0.15) is 18.1 Å². The first-order valence-corrected chi connectivity index (χ1v) is 13.8. The van der Waals surface area contributed by atoms with Crippen LogP contribution in [0.5, 0.6) is 0 Å². The lowest BCUT2D eigenvalue weighted by atomic mass is 10.0. The number of amides is 3. The van der Waals surface area contributed by atoms with Crippen molar-refractivity contribution < 1.29 is 24.3 Å². The first kappa shape index (κ1) is 30.2. The van der Waals surface area contributed by atoms with Gasteiger partial charge in [0.25, 0.3) is 0 Å². The molecule has 4 unspecified atom stereocenters. The molecule has 2 aromatic rings. The molecule has 0 heterocycles. The number of carboxylic acid groups (broad SMARTS) is 1. The second-order valence-electron chi connectivity index (χ2n) is 8.47. The van der Waals surface area contributed by atoms with E-state index in [1.54, 1.807) is 0 Å². The maximum Gasteiger partial charge on any atom is 0.326 e. The van der Waals surface area contributed by atoms with Crippen LogP contribution in [0.4, 0.5) is 0 Å². The summed E-state index contributed by atoms with van der Waals surface area (Å²) in [4.78, 5) is 50.4. The molecule has 0 saturated carbocycles. The van der Waals surface area contributed by atoms with Crippen molar-refractivity contribution in [2.45, 2.75) is 43.4 Å². The van der Waals surface area contributed by atoms with E-state index in [9.17, 15) is 24.3 Å². The van der Waals surface area contributed by atoms with Crippen LogP contribution >= 0.6 is 24.4 Å². The van der Waals surface area contributed by atoms with Crippen molar-refractivity contribution in [2.75, 3.05) is 17.8 Å². The first-order valence-electron chi connectivity index (χ1n) is 11.8. The summed E-state index contributed by atoms with van der Waals surface area (Å²) >= 11 is 5.63. The van der Waals surface area contributed by atoms with Crippen molar-refractivity contribution in [1.82, 2.24) is 16.0 Å². The van der Waals surface area contributed by atoms with Crippen LogP contribution in [-0.2, 0) is 32.0 Å². The number of carboxylic acids is 1. The summed E-state index contributed by atoms with van der Waals surface area (Å²) in [5, 5.41) is 17.2. The van der Waals surface area contributed by atoms with Gasteiger partial charge in [0.15, 0.2) is 0 Å². The number of thioether (sulfide) groups is 1. The number of hydrogen-bond acceptors (Lipinski definition) is 7. The molecule has 0 aliphatic carbocycles. The number of nitrogens with one attached hydrogen (secondary N) is 3. The monoisotopic (exact) mass is 546 g/mol. The summed E-state index contributed by atoms with van der Waals surface area (Å²) in [6.45, 7) is 0. The van der Waals surface area contributed by atoms with E-state index in [1.807, 2.05) is 66.9 Å². The maximum atomic E-state index is 13.2. The Hall–Kier alpha value is -3.02. The molecular weight excluding hydrogens is 512 g/mol. The minimum Gasteiger partial charge on any atom is -0.480 e. The van der Waals surface area contributed by atoms with E-state index < -0.39 is 47.9 Å². The molecule has 0 aliphatic rings. The molecule has 0 aliphatic heterocycles.